The molecule has 0 radical (unpaired) electrons. The first-order chi connectivity index (χ1) is 13.3. The van der Waals surface area contributed by atoms with Gasteiger partial charge in [-0.25, -0.2) is 4.79 Å². The van der Waals surface area contributed by atoms with E-state index in [-0.39, 0.29) is 18.6 Å². The number of aryl methyl sites for hydroxylation is 1. The predicted molar refractivity (Wildman–Crippen MR) is 109 cm³/mol. The third kappa shape index (κ3) is 4.17. The number of carbonyl (C=O) groups is 2. The molecule has 1 N–H and O–H groups in total. The van der Waals surface area contributed by atoms with E-state index >= 15 is 0 Å². The van der Waals surface area contributed by atoms with Gasteiger partial charge >= 0.3 is 5.97 Å². The number of nitrogens with zero attached hydrogens (tertiary/aromatic N) is 1. The molecule has 3 rings (SSSR count). The molecule has 28 heavy (non-hydrogen) atoms. The SMILES string of the molecule is C#CCNC(=O)COC(=O)c1c2c(nc3ccccc13)CC[C@H](C(C)(C)C)C2. The van der Waals surface area contributed by atoms with Gasteiger partial charge in [-0.3, -0.25) is 9.78 Å². The largest absolute Gasteiger partial charge is 0.452 e. The van der Waals surface area contributed by atoms with Gasteiger partial charge in [0.15, 0.2) is 6.61 Å². The lowest BCUT2D eigenvalue weighted by Gasteiger charge is -2.35. The first-order valence-corrected chi connectivity index (χ1v) is 9.59. The van der Waals surface area contributed by atoms with Crippen molar-refractivity contribution in [3.63, 3.8) is 0 Å². The van der Waals surface area contributed by atoms with Crippen LogP contribution in [-0.4, -0.2) is 30.0 Å². The van der Waals surface area contributed by atoms with Crippen molar-refractivity contribution in [2.45, 2.75) is 40.0 Å². The van der Waals surface area contributed by atoms with Crippen LogP contribution < -0.4 is 5.32 Å². The minimum atomic E-state index is -0.486. The number of fused-ring (bicyclic) bond motifs is 2. The highest BCUT2D eigenvalue weighted by molar-refractivity contribution is 6.05. The molecule has 1 heterocycles. The average molecular weight is 378 g/mol. The number of carbonyl (C=O) groups excluding carboxylic acids is 2. The van der Waals surface area contributed by atoms with E-state index in [0.29, 0.717) is 11.5 Å². The molecule has 0 fully saturated rings. The molecule has 0 unspecified atom stereocenters. The van der Waals surface area contributed by atoms with Crippen LogP contribution in [0.3, 0.4) is 0 Å². The Hall–Kier alpha value is -2.87. The summed E-state index contributed by atoms with van der Waals surface area (Å²) in [6.07, 6.45) is 7.80. The summed E-state index contributed by atoms with van der Waals surface area (Å²) in [6, 6.07) is 7.59. The van der Waals surface area contributed by atoms with Crippen LogP contribution in [0.1, 0.15) is 48.8 Å². The zero-order valence-electron chi connectivity index (χ0n) is 16.7. The Kier molecular flexibility index (Phi) is 5.69. The molecule has 5 nitrogen and oxygen atoms in total. The Bertz CT molecular complexity index is 951. The Balaban J connectivity index is 1.97. The van der Waals surface area contributed by atoms with Crippen molar-refractivity contribution in [1.29, 1.82) is 0 Å². The third-order valence-electron chi connectivity index (χ3n) is 5.41. The van der Waals surface area contributed by atoms with E-state index in [9.17, 15) is 9.59 Å². The highest BCUT2D eigenvalue weighted by Gasteiger charge is 2.33. The van der Waals surface area contributed by atoms with Crippen molar-refractivity contribution >= 4 is 22.8 Å². The van der Waals surface area contributed by atoms with Crippen LogP contribution in [0.4, 0.5) is 0 Å². The van der Waals surface area contributed by atoms with Gasteiger partial charge in [-0.2, -0.15) is 0 Å². The van der Waals surface area contributed by atoms with Crippen molar-refractivity contribution in [3.05, 3.63) is 41.1 Å². The standard InChI is InChI=1S/C23H26N2O3/c1-5-12-24-20(26)14-28-22(27)21-16-8-6-7-9-18(16)25-19-11-10-15(13-17(19)21)23(2,3)4/h1,6-9,15H,10-14H2,2-4H3,(H,24,26)/t15-/m0/s1. The fourth-order valence-corrected chi connectivity index (χ4v) is 3.76. The zero-order valence-corrected chi connectivity index (χ0v) is 16.7. The highest BCUT2D eigenvalue weighted by atomic mass is 16.5. The molecule has 1 aliphatic carbocycles. The number of rotatable bonds is 4. The van der Waals surface area contributed by atoms with Crippen molar-refractivity contribution in [1.82, 2.24) is 10.3 Å². The number of aromatic nitrogens is 1. The van der Waals surface area contributed by atoms with Crippen molar-refractivity contribution in [2.75, 3.05) is 13.2 Å². The maximum Gasteiger partial charge on any atom is 0.339 e. The van der Waals surface area contributed by atoms with Gasteiger partial charge in [0.25, 0.3) is 5.91 Å². The first-order valence-electron chi connectivity index (χ1n) is 9.59. The van der Waals surface area contributed by atoms with E-state index in [2.05, 4.69) is 32.0 Å². The summed E-state index contributed by atoms with van der Waals surface area (Å²) in [6.45, 7) is 6.44. The molecule has 1 aromatic carbocycles. The average Bonchev–Trinajstić information content (AvgIpc) is 2.67. The maximum atomic E-state index is 13.0. The second-order valence-corrected chi connectivity index (χ2v) is 8.29. The topological polar surface area (TPSA) is 68.3 Å². The number of esters is 1. The zero-order chi connectivity index (χ0) is 20.3. The van der Waals surface area contributed by atoms with E-state index in [1.54, 1.807) is 0 Å². The number of amides is 1. The fraction of sp³-hybridized carbons (Fsp3) is 0.435. The van der Waals surface area contributed by atoms with E-state index < -0.39 is 11.9 Å². The first kappa shape index (κ1) is 19.9. The number of hydrogen-bond donors (Lipinski definition) is 1. The number of ether oxygens (including phenoxy) is 1. The van der Waals surface area contributed by atoms with Crippen LogP contribution in [0.5, 0.6) is 0 Å². The molecule has 1 aliphatic rings. The smallest absolute Gasteiger partial charge is 0.339 e. The molecule has 0 spiro atoms. The van der Waals surface area contributed by atoms with Gasteiger partial charge in [0, 0.05) is 11.1 Å². The summed E-state index contributed by atoms with van der Waals surface area (Å²) in [5.74, 6) is 1.88. The van der Waals surface area contributed by atoms with Gasteiger partial charge < -0.3 is 10.1 Å². The Morgan fingerprint density at radius 3 is 2.79 bits per heavy atom. The van der Waals surface area contributed by atoms with Crippen LogP contribution in [0.15, 0.2) is 24.3 Å². The highest BCUT2D eigenvalue weighted by Crippen LogP contribution is 2.39. The lowest BCUT2D eigenvalue weighted by atomic mass is 9.70. The quantitative estimate of drug-likeness (QED) is 0.655. The van der Waals surface area contributed by atoms with Crippen molar-refractivity contribution in [3.8, 4) is 12.3 Å². The molecule has 146 valence electrons. The normalized spacial score (nSPS) is 16.1. The van der Waals surface area contributed by atoms with Crippen molar-refractivity contribution in [2.24, 2.45) is 11.3 Å². The van der Waals surface area contributed by atoms with Gasteiger partial charge in [0.05, 0.1) is 17.6 Å². The van der Waals surface area contributed by atoms with Gasteiger partial charge in [-0.05, 0) is 42.2 Å². The van der Waals surface area contributed by atoms with Gasteiger partial charge in [0.2, 0.25) is 0 Å². The van der Waals surface area contributed by atoms with Gasteiger partial charge in [-0.15, -0.1) is 6.42 Å². The number of benzene rings is 1. The molecular formula is C23H26N2O3. The lowest BCUT2D eigenvalue weighted by molar-refractivity contribution is -0.123. The number of pyridine rings is 1. The number of nitrogens with one attached hydrogen (secondary N) is 1. The van der Waals surface area contributed by atoms with Gasteiger partial charge in [-0.1, -0.05) is 44.9 Å². The number of terminal acetylenes is 1. The minimum Gasteiger partial charge on any atom is -0.452 e. The van der Waals surface area contributed by atoms with E-state index in [1.807, 2.05) is 24.3 Å². The van der Waals surface area contributed by atoms with E-state index in [1.165, 1.54) is 0 Å². The van der Waals surface area contributed by atoms with Crippen LogP contribution >= 0.6 is 0 Å². The molecule has 1 amide bonds. The molecule has 1 atom stereocenters. The molecule has 5 heteroatoms. The lowest BCUT2D eigenvalue weighted by Crippen LogP contribution is -2.31. The van der Waals surface area contributed by atoms with Crippen LogP contribution in [0.25, 0.3) is 10.9 Å². The third-order valence-corrected chi connectivity index (χ3v) is 5.41. The second kappa shape index (κ2) is 8.02. The summed E-state index contributed by atoms with van der Waals surface area (Å²) in [4.78, 5) is 29.6. The molecule has 1 aromatic heterocycles. The molecule has 2 aromatic rings. The minimum absolute atomic E-state index is 0.108. The van der Waals surface area contributed by atoms with E-state index in [4.69, 9.17) is 16.1 Å². The summed E-state index contributed by atoms with van der Waals surface area (Å²) in [7, 11) is 0. The number of hydrogen-bond acceptors (Lipinski definition) is 4. The van der Waals surface area contributed by atoms with Crippen LogP contribution in [0.2, 0.25) is 0 Å². The number of para-hydroxylation sites is 1. The Morgan fingerprint density at radius 1 is 1.32 bits per heavy atom. The molecule has 0 saturated carbocycles. The molecule has 0 bridgehead atoms. The summed E-state index contributed by atoms with van der Waals surface area (Å²) in [5.41, 5.74) is 3.37. The van der Waals surface area contributed by atoms with E-state index in [0.717, 1.165) is 41.4 Å². The molecular weight excluding hydrogens is 352 g/mol. The second-order valence-electron chi connectivity index (χ2n) is 8.29. The van der Waals surface area contributed by atoms with Crippen LogP contribution in [-0.2, 0) is 22.4 Å². The maximum absolute atomic E-state index is 13.0. The molecule has 0 saturated heterocycles. The molecule has 0 aliphatic heterocycles. The predicted octanol–water partition coefficient (Wildman–Crippen LogP) is 3.29. The Labute approximate surface area is 165 Å². The summed E-state index contributed by atoms with van der Waals surface area (Å²) in [5, 5.41) is 3.27. The summed E-state index contributed by atoms with van der Waals surface area (Å²) >= 11 is 0. The van der Waals surface area contributed by atoms with Gasteiger partial charge in [0.1, 0.15) is 0 Å². The van der Waals surface area contributed by atoms with Crippen LogP contribution in [0, 0.1) is 23.7 Å². The summed E-state index contributed by atoms with van der Waals surface area (Å²) < 4.78 is 5.33. The Morgan fingerprint density at radius 2 is 2.07 bits per heavy atom. The monoisotopic (exact) mass is 378 g/mol. The van der Waals surface area contributed by atoms with Crippen molar-refractivity contribution < 1.29 is 14.3 Å². The fourth-order valence-electron chi connectivity index (χ4n) is 3.76.